The number of nitrogens with two attached hydrogens (primary N) is 2. The van der Waals surface area contributed by atoms with E-state index in [2.05, 4.69) is 5.32 Å². The van der Waals surface area contributed by atoms with Gasteiger partial charge in [0.25, 0.3) is 5.91 Å². The van der Waals surface area contributed by atoms with E-state index in [9.17, 15) is 29.4 Å². The number of carbonyl (C=O) groups is 4. The molecule has 2 aromatic carbocycles. The van der Waals surface area contributed by atoms with Gasteiger partial charge in [-0.1, -0.05) is 25.0 Å². The fourth-order valence-corrected chi connectivity index (χ4v) is 4.71. The Morgan fingerprint density at radius 1 is 0.923 bits per heavy atom. The van der Waals surface area contributed by atoms with E-state index >= 15 is 0 Å². The number of amides is 2. The van der Waals surface area contributed by atoms with Gasteiger partial charge in [0.15, 0.2) is 0 Å². The average Bonchev–Trinajstić information content (AvgIpc) is 3.37. The van der Waals surface area contributed by atoms with Crippen LogP contribution in [-0.4, -0.2) is 67.5 Å². The zero-order valence-corrected chi connectivity index (χ0v) is 24.0. The fraction of sp³-hybridized carbons (Fsp3) is 0.481. The Hall–Kier alpha value is -3.01. The van der Waals surface area contributed by atoms with Crippen LogP contribution in [0.2, 0.25) is 0 Å². The number of likely N-dealkylation sites (tertiary alicyclic amines) is 1. The number of fused-ring (bicyclic) bond motifs is 1. The molecule has 2 aliphatic rings. The zero-order valence-electron chi connectivity index (χ0n) is 21.7. The van der Waals surface area contributed by atoms with Gasteiger partial charge in [0.1, 0.15) is 5.75 Å². The Labute approximate surface area is 241 Å². The van der Waals surface area contributed by atoms with Gasteiger partial charge in [-0.2, -0.15) is 0 Å². The molecule has 2 aromatic rings. The van der Waals surface area contributed by atoms with Crippen molar-refractivity contribution in [3.05, 3.63) is 42.0 Å². The number of hydrogen-bond donors (Lipinski definition) is 3. The van der Waals surface area contributed by atoms with Gasteiger partial charge in [-0.15, -0.1) is 0 Å². The second kappa shape index (κ2) is 15.0. The molecule has 12 heteroatoms. The number of nitrogens with zero attached hydrogens (tertiary/aromatic N) is 1. The van der Waals surface area contributed by atoms with Crippen molar-refractivity contribution >= 4 is 34.5 Å². The van der Waals surface area contributed by atoms with Gasteiger partial charge in [-0.25, -0.2) is 0 Å². The third kappa shape index (κ3) is 8.74. The molecule has 0 bridgehead atoms. The van der Waals surface area contributed by atoms with Crippen molar-refractivity contribution in [2.24, 2.45) is 23.3 Å². The van der Waals surface area contributed by atoms with Gasteiger partial charge >= 0.3 is 21.1 Å². The number of methoxy groups -OCH3 is 1. The van der Waals surface area contributed by atoms with Crippen molar-refractivity contribution in [3.63, 3.8) is 0 Å². The van der Waals surface area contributed by atoms with E-state index in [0.717, 1.165) is 28.5 Å². The van der Waals surface area contributed by atoms with Gasteiger partial charge in [0, 0.05) is 67.5 Å². The van der Waals surface area contributed by atoms with Crippen molar-refractivity contribution in [2.45, 2.75) is 44.2 Å². The number of carbonyl (C=O) groups excluding carboxylic acids is 4. The number of benzene rings is 2. The van der Waals surface area contributed by atoms with Crippen molar-refractivity contribution < 1.29 is 55.2 Å². The summed E-state index contributed by atoms with van der Waals surface area (Å²) in [4.78, 5) is 47.9. The molecular formula is C27H34N4O7Pt. The number of nitrogens with one attached hydrogen (secondary N) is 1. The zero-order chi connectivity index (χ0) is 27.8. The van der Waals surface area contributed by atoms with Crippen LogP contribution >= 0.6 is 0 Å². The first-order valence-electron chi connectivity index (χ1n) is 12.7. The first kappa shape index (κ1) is 32.2. The number of carboxylic acids is 2. The summed E-state index contributed by atoms with van der Waals surface area (Å²) in [6.07, 6.45) is 4.71. The monoisotopic (exact) mass is 721 g/mol. The molecule has 4 rings (SSSR count). The quantitative estimate of drug-likeness (QED) is 0.314. The second-order valence-corrected chi connectivity index (χ2v) is 9.70. The van der Waals surface area contributed by atoms with E-state index < -0.39 is 29.7 Å². The van der Waals surface area contributed by atoms with Crippen LogP contribution in [-0.2, 0) is 35.4 Å². The van der Waals surface area contributed by atoms with Gasteiger partial charge in [0.2, 0.25) is 5.91 Å². The maximum absolute atomic E-state index is 12.4. The number of hydrogen-bond acceptors (Lipinski definition) is 9. The van der Waals surface area contributed by atoms with Crippen LogP contribution in [0, 0.1) is 11.8 Å². The van der Waals surface area contributed by atoms with Gasteiger partial charge in [-0.05, 0) is 47.9 Å². The molecule has 0 radical (unpaired) electrons. The maximum Gasteiger partial charge on any atom is 2.00 e. The summed E-state index contributed by atoms with van der Waals surface area (Å²) in [6, 6.07) is 11.2. The first-order chi connectivity index (χ1) is 18.1. The van der Waals surface area contributed by atoms with E-state index in [1.807, 2.05) is 12.1 Å². The largest absolute Gasteiger partial charge is 2.00 e. The molecule has 0 aromatic heterocycles. The first-order valence-corrected chi connectivity index (χ1v) is 12.7. The Balaban J connectivity index is 0.000000508. The predicted octanol–water partition coefficient (Wildman–Crippen LogP) is -1.24. The molecule has 0 spiro atoms. The van der Waals surface area contributed by atoms with Crippen LogP contribution in [0.3, 0.4) is 0 Å². The summed E-state index contributed by atoms with van der Waals surface area (Å²) in [7, 11) is 1.57. The molecule has 1 aliphatic carbocycles. The average molecular weight is 722 g/mol. The van der Waals surface area contributed by atoms with Crippen LogP contribution in [0.25, 0.3) is 10.8 Å². The SMILES string of the molecule is COc1ccc2cc(C(=O)NCCC(=O)N3C[C@H](C(=O)[O-])[C@H](C(=O)[O-])C3)ccc2c1.N[C@@H]1CCCC[C@H]1N.[Pt+2]. The summed E-state index contributed by atoms with van der Waals surface area (Å²) in [5, 5.41) is 26.6. The summed E-state index contributed by atoms with van der Waals surface area (Å²) >= 11 is 0. The Kier molecular flexibility index (Phi) is 12.3. The van der Waals surface area contributed by atoms with Gasteiger partial charge < -0.3 is 46.2 Å². The molecule has 2 amide bonds. The Morgan fingerprint density at radius 2 is 1.46 bits per heavy atom. The molecule has 1 saturated carbocycles. The summed E-state index contributed by atoms with van der Waals surface area (Å²) in [5.41, 5.74) is 11.7. The predicted molar refractivity (Wildman–Crippen MR) is 135 cm³/mol. The summed E-state index contributed by atoms with van der Waals surface area (Å²) in [5.74, 6) is -5.75. The molecule has 11 nitrogen and oxygen atoms in total. The molecule has 4 atom stereocenters. The Morgan fingerprint density at radius 3 is 1.97 bits per heavy atom. The fourth-order valence-electron chi connectivity index (χ4n) is 4.71. The minimum atomic E-state index is -1.53. The van der Waals surface area contributed by atoms with E-state index in [1.165, 1.54) is 12.8 Å². The molecule has 1 heterocycles. The van der Waals surface area contributed by atoms with Gasteiger partial charge in [-0.3, -0.25) is 9.59 Å². The van der Waals surface area contributed by atoms with Crippen LogP contribution < -0.4 is 31.7 Å². The number of carboxylic acid groups (broad SMARTS) is 2. The molecule has 2 fully saturated rings. The van der Waals surface area contributed by atoms with Crippen LogP contribution in [0.4, 0.5) is 0 Å². The van der Waals surface area contributed by atoms with Crippen molar-refractivity contribution in [1.82, 2.24) is 10.2 Å². The molecule has 1 saturated heterocycles. The minimum Gasteiger partial charge on any atom is -0.550 e. The topological polar surface area (TPSA) is 191 Å². The standard InChI is InChI=1S/C21H22N2O7.C6H14N2.Pt/c1-30-15-5-4-12-8-14(3-2-13(12)9-15)19(25)22-7-6-18(24)23-10-16(20(26)27)17(11-23)21(28)29;7-5-3-1-2-4-6(5)8;/h2-5,8-9,16-17H,6-7,10-11H2,1H3,(H,22,25)(H,26,27)(H,28,29);5-6H,1-4,7-8H2;/q;;+2/p-2/t16-,17+;5-,6-;/m.1./s1. The van der Waals surface area contributed by atoms with Crippen molar-refractivity contribution in [2.75, 3.05) is 26.7 Å². The smallest absolute Gasteiger partial charge is 0.550 e. The molecular weight excluding hydrogens is 687 g/mol. The molecule has 1 aliphatic heterocycles. The number of ether oxygens (including phenoxy) is 1. The van der Waals surface area contributed by atoms with Crippen LogP contribution in [0.1, 0.15) is 42.5 Å². The van der Waals surface area contributed by atoms with E-state index in [-0.39, 0.29) is 65.1 Å². The van der Waals surface area contributed by atoms with E-state index in [1.54, 1.807) is 31.4 Å². The summed E-state index contributed by atoms with van der Waals surface area (Å²) < 4.78 is 5.17. The third-order valence-corrected chi connectivity index (χ3v) is 7.09. The van der Waals surface area contributed by atoms with Crippen molar-refractivity contribution in [3.8, 4) is 5.75 Å². The van der Waals surface area contributed by atoms with E-state index in [0.29, 0.717) is 11.3 Å². The van der Waals surface area contributed by atoms with Gasteiger partial charge in [0.05, 0.1) is 7.11 Å². The van der Waals surface area contributed by atoms with Crippen LogP contribution in [0.5, 0.6) is 5.75 Å². The van der Waals surface area contributed by atoms with E-state index in [4.69, 9.17) is 16.2 Å². The normalized spacial score (nSPS) is 22.2. The molecule has 39 heavy (non-hydrogen) atoms. The maximum atomic E-state index is 12.4. The number of rotatable bonds is 7. The van der Waals surface area contributed by atoms with Crippen molar-refractivity contribution in [1.29, 1.82) is 0 Å². The molecule has 214 valence electrons. The van der Waals surface area contributed by atoms with Crippen LogP contribution in [0.15, 0.2) is 36.4 Å². The molecule has 0 unspecified atom stereocenters. The number of aliphatic carboxylic acids is 2. The third-order valence-electron chi connectivity index (χ3n) is 7.09. The summed E-state index contributed by atoms with van der Waals surface area (Å²) in [6.45, 7) is -0.468. The minimum absolute atomic E-state index is 0. The Bertz CT molecular complexity index is 1150. The second-order valence-electron chi connectivity index (χ2n) is 9.70. The molecule has 5 N–H and O–H groups in total.